The molecule has 0 amide bonds. The fourth-order valence-electron chi connectivity index (χ4n) is 2.23. The standard InChI is InChI=1S/C12H23NO2/c1-10-4-3-5-11(2)12(10)13-6-8-15-9-7-14/h10-11,14H,3-9H2,1-2H3/t10-,11?/m0/s1. The lowest BCUT2D eigenvalue weighted by molar-refractivity contribution is 0.0977. The van der Waals surface area contributed by atoms with Crippen molar-refractivity contribution in [3.05, 3.63) is 0 Å². The molecule has 15 heavy (non-hydrogen) atoms. The number of hydrogen-bond donors (Lipinski definition) is 1. The van der Waals surface area contributed by atoms with E-state index in [2.05, 4.69) is 18.8 Å². The zero-order valence-corrected chi connectivity index (χ0v) is 9.91. The molecule has 3 heteroatoms. The van der Waals surface area contributed by atoms with Crippen LogP contribution < -0.4 is 0 Å². The normalized spacial score (nSPS) is 29.7. The van der Waals surface area contributed by atoms with Gasteiger partial charge < -0.3 is 9.84 Å². The summed E-state index contributed by atoms with van der Waals surface area (Å²) in [5.41, 5.74) is 1.37. The maximum atomic E-state index is 8.54. The highest BCUT2D eigenvalue weighted by Gasteiger charge is 2.21. The molecule has 0 heterocycles. The Labute approximate surface area is 92.6 Å². The summed E-state index contributed by atoms with van der Waals surface area (Å²) in [4.78, 5) is 4.63. The van der Waals surface area contributed by atoms with E-state index in [9.17, 15) is 0 Å². The summed E-state index contributed by atoms with van der Waals surface area (Å²) >= 11 is 0. The molecule has 1 saturated carbocycles. The SMILES string of the molecule is CC1CCC[C@H](C)C1=NCCOCCO. The second kappa shape index (κ2) is 6.96. The molecule has 0 saturated heterocycles. The third-order valence-electron chi connectivity index (χ3n) is 3.05. The van der Waals surface area contributed by atoms with Crippen LogP contribution in [0, 0.1) is 11.8 Å². The monoisotopic (exact) mass is 213 g/mol. The molecule has 0 aromatic rings. The first-order valence-corrected chi connectivity index (χ1v) is 5.98. The lowest BCUT2D eigenvalue weighted by Crippen LogP contribution is -2.25. The molecule has 1 N–H and O–H groups in total. The van der Waals surface area contributed by atoms with Crippen LogP contribution in [0.2, 0.25) is 0 Å². The number of aliphatic hydroxyl groups excluding tert-OH is 1. The quantitative estimate of drug-likeness (QED) is 0.709. The van der Waals surface area contributed by atoms with Crippen molar-refractivity contribution >= 4 is 5.71 Å². The topological polar surface area (TPSA) is 41.8 Å². The second-order valence-electron chi connectivity index (χ2n) is 4.38. The summed E-state index contributed by atoms with van der Waals surface area (Å²) in [5, 5.41) is 8.54. The summed E-state index contributed by atoms with van der Waals surface area (Å²) in [7, 11) is 0. The van der Waals surface area contributed by atoms with E-state index in [0.29, 0.717) is 25.0 Å². The molecule has 0 aromatic heterocycles. The van der Waals surface area contributed by atoms with Gasteiger partial charge in [-0.25, -0.2) is 0 Å². The molecule has 2 atom stereocenters. The van der Waals surface area contributed by atoms with Crippen molar-refractivity contribution < 1.29 is 9.84 Å². The first kappa shape index (κ1) is 12.7. The molecule has 0 spiro atoms. The fraction of sp³-hybridized carbons (Fsp3) is 0.917. The third kappa shape index (κ3) is 4.31. The van der Waals surface area contributed by atoms with E-state index in [0.717, 1.165) is 6.54 Å². The van der Waals surface area contributed by atoms with Gasteiger partial charge in [0.15, 0.2) is 0 Å². The summed E-state index contributed by atoms with van der Waals surface area (Å²) in [5.74, 6) is 1.29. The molecule has 3 nitrogen and oxygen atoms in total. The van der Waals surface area contributed by atoms with Gasteiger partial charge in [0.2, 0.25) is 0 Å². The van der Waals surface area contributed by atoms with Gasteiger partial charge in [-0.1, -0.05) is 20.3 Å². The molecular formula is C12H23NO2. The number of rotatable bonds is 5. The van der Waals surface area contributed by atoms with Crippen molar-refractivity contribution in [3.8, 4) is 0 Å². The Kier molecular flexibility index (Phi) is 5.88. The number of hydrogen-bond acceptors (Lipinski definition) is 3. The summed E-state index contributed by atoms with van der Waals surface area (Å²) < 4.78 is 5.19. The van der Waals surface area contributed by atoms with Gasteiger partial charge in [-0.2, -0.15) is 0 Å². The summed E-state index contributed by atoms with van der Waals surface area (Å²) in [6.07, 6.45) is 3.89. The molecule has 1 aliphatic rings. The Balaban J connectivity index is 2.29. The van der Waals surface area contributed by atoms with Crippen molar-refractivity contribution in [1.82, 2.24) is 0 Å². The molecule has 0 aliphatic heterocycles. The summed E-state index contributed by atoms with van der Waals surface area (Å²) in [6.45, 7) is 6.43. The van der Waals surface area contributed by atoms with Crippen LogP contribution in [0.3, 0.4) is 0 Å². The Morgan fingerprint density at radius 1 is 1.27 bits per heavy atom. The smallest absolute Gasteiger partial charge is 0.0698 e. The van der Waals surface area contributed by atoms with E-state index in [1.807, 2.05) is 0 Å². The minimum atomic E-state index is 0.101. The Hall–Kier alpha value is -0.410. The number of nitrogens with zero attached hydrogens (tertiary/aromatic N) is 1. The predicted octanol–water partition coefficient (Wildman–Crippen LogP) is 1.89. The number of ether oxygens (including phenoxy) is 1. The van der Waals surface area contributed by atoms with Crippen LogP contribution in [-0.4, -0.2) is 37.2 Å². The Morgan fingerprint density at radius 3 is 2.53 bits per heavy atom. The fourth-order valence-corrected chi connectivity index (χ4v) is 2.23. The van der Waals surface area contributed by atoms with Crippen molar-refractivity contribution in [2.24, 2.45) is 16.8 Å². The van der Waals surface area contributed by atoms with Crippen LogP contribution in [0.15, 0.2) is 4.99 Å². The highest BCUT2D eigenvalue weighted by molar-refractivity contribution is 5.89. The van der Waals surface area contributed by atoms with Crippen molar-refractivity contribution in [2.75, 3.05) is 26.4 Å². The van der Waals surface area contributed by atoms with Crippen LogP contribution >= 0.6 is 0 Å². The third-order valence-corrected chi connectivity index (χ3v) is 3.05. The molecule has 0 radical (unpaired) electrons. The van der Waals surface area contributed by atoms with Crippen LogP contribution in [0.25, 0.3) is 0 Å². The van der Waals surface area contributed by atoms with Gasteiger partial charge in [0.1, 0.15) is 0 Å². The molecule has 88 valence electrons. The minimum Gasteiger partial charge on any atom is -0.394 e. The minimum absolute atomic E-state index is 0.101. The van der Waals surface area contributed by atoms with E-state index in [1.165, 1.54) is 25.0 Å². The maximum Gasteiger partial charge on any atom is 0.0698 e. The van der Waals surface area contributed by atoms with Crippen LogP contribution in [0.4, 0.5) is 0 Å². The lowest BCUT2D eigenvalue weighted by atomic mass is 9.81. The molecule has 0 aromatic carbocycles. The zero-order chi connectivity index (χ0) is 11.1. The van der Waals surface area contributed by atoms with Gasteiger partial charge in [-0.3, -0.25) is 4.99 Å². The van der Waals surface area contributed by atoms with Gasteiger partial charge >= 0.3 is 0 Å². The molecular weight excluding hydrogens is 190 g/mol. The number of aliphatic imine (C=N–C) groups is 1. The van der Waals surface area contributed by atoms with Crippen molar-refractivity contribution in [3.63, 3.8) is 0 Å². The van der Waals surface area contributed by atoms with Crippen LogP contribution in [0.1, 0.15) is 33.1 Å². The lowest BCUT2D eigenvalue weighted by Gasteiger charge is -2.26. The largest absolute Gasteiger partial charge is 0.394 e. The molecule has 1 fully saturated rings. The Morgan fingerprint density at radius 2 is 1.93 bits per heavy atom. The van der Waals surface area contributed by atoms with Gasteiger partial charge in [0.05, 0.1) is 26.4 Å². The highest BCUT2D eigenvalue weighted by atomic mass is 16.5. The first-order valence-electron chi connectivity index (χ1n) is 5.98. The second-order valence-corrected chi connectivity index (χ2v) is 4.38. The van der Waals surface area contributed by atoms with Gasteiger partial charge in [0.25, 0.3) is 0 Å². The molecule has 1 rings (SSSR count). The average molecular weight is 213 g/mol. The van der Waals surface area contributed by atoms with Crippen LogP contribution in [-0.2, 0) is 4.74 Å². The zero-order valence-electron chi connectivity index (χ0n) is 9.91. The van der Waals surface area contributed by atoms with Gasteiger partial charge in [-0.05, 0) is 24.7 Å². The van der Waals surface area contributed by atoms with E-state index in [4.69, 9.17) is 9.84 Å². The van der Waals surface area contributed by atoms with E-state index in [1.54, 1.807) is 0 Å². The van der Waals surface area contributed by atoms with Gasteiger partial charge in [-0.15, -0.1) is 0 Å². The molecule has 1 unspecified atom stereocenters. The average Bonchev–Trinajstić information content (AvgIpc) is 2.21. The van der Waals surface area contributed by atoms with E-state index >= 15 is 0 Å². The highest BCUT2D eigenvalue weighted by Crippen LogP contribution is 2.25. The first-order chi connectivity index (χ1) is 7.25. The molecule has 0 bridgehead atoms. The van der Waals surface area contributed by atoms with Crippen molar-refractivity contribution in [2.45, 2.75) is 33.1 Å². The van der Waals surface area contributed by atoms with Crippen LogP contribution in [0.5, 0.6) is 0 Å². The predicted molar refractivity (Wildman–Crippen MR) is 62.4 cm³/mol. The van der Waals surface area contributed by atoms with E-state index < -0.39 is 0 Å². The van der Waals surface area contributed by atoms with E-state index in [-0.39, 0.29) is 6.61 Å². The molecule has 1 aliphatic carbocycles. The maximum absolute atomic E-state index is 8.54. The van der Waals surface area contributed by atoms with Crippen molar-refractivity contribution in [1.29, 1.82) is 0 Å². The summed E-state index contributed by atoms with van der Waals surface area (Å²) in [6, 6.07) is 0. The van der Waals surface area contributed by atoms with Gasteiger partial charge in [0, 0.05) is 5.71 Å². The number of aliphatic hydroxyl groups is 1. The Bertz CT molecular complexity index is 192.